The monoisotopic (exact) mass is 288 g/mol. The predicted molar refractivity (Wildman–Crippen MR) is 84.4 cm³/mol. The molecule has 2 rings (SSSR count). The minimum Gasteiger partial charge on any atom is -0.354 e. The fourth-order valence-electron chi connectivity index (χ4n) is 3.81. The lowest BCUT2D eigenvalue weighted by Gasteiger charge is -2.29. The number of allylic oxidation sites excluding steroid dienone is 2. The minimum absolute atomic E-state index is 0.0723. The van der Waals surface area contributed by atoms with Crippen LogP contribution in [0.3, 0.4) is 0 Å². The van der Waals surface area contributed by atoms with Crippen LogP contribution in [-0.2, 0) is 4.79 Å². The lowest BCUT2D eigenvalue weighted by molar-refractivity contribution is -0.119. The molecule has 0 aromatic carbocycles. The number of nitriles is 1. The van der Waals surface area contributed by atoms with Crippen molar-refractivity contribution in [3.8, 4) is 6.07 Å². The Morgan fingerprint density at radius 2 is 1.71 bits per heavy atom. The SMILES string of the molecule is CC(=O)NC1CCC(/C=C(/C#N)C2CCC(C)CC2)CC1. The van der Waals surface area contributed by atoms with Gasteiger partial charge >= 0.3 is 0 Å². The molecule has 2 aliphatic rings. The molecule has 2 aliphatic carbocycles. The quantitative estimate of drug-likeness (QED) is 0.799. The summed E-state index contributed by atoms with van der Waals surface area (Å²) in [5.41, 5.74) is 1.03. The van der Waals surface area contributed by atoms with Gasteiger partial charge in [-0.1, -0.05) is 25.8 Å². The van der Waals surface area contributed by atoms with Crippen LogP contribution in [0.2, 0.25) is 0 Å². The van der Waals surface area contributed by atoms with Crippen LogP contribution in [0.15, 0.2) is 11.6 Å². The second-order valence-electron chi connectivity index (χ2n) is 7.00. The van der Waals surface area contributed by atoms with Gasteiger partial charge in [-0.25, -0.2) is 0 Å². The molecule has 116 valence electrons. The Bertz CT molecular complexity index is 419. The number of hydrogen-bond donors (Lipinski definition) is 1. The van der Waals surface area contributed by atoms with Crippen molar-refractivity contribution in [2.45, 2.75) is 71.3 Å². The molecule has 0 aliphatic heterocycles. The van der Waals surface area contributed by atoms with Crippen molar-refractivity contribution in [2.75, 3.05) is 0 Å². The molecule has 0 heterocycles. The van der Waals surface area contributed by atoms with Crippen molar-refractivity contribution in [2.24, 2.45) is 17.8 Å². The Balaban J connectivity index is 1.87. The molecular weight excluding hydrogens is 260 g/mol. The fourth-order valence-corrected chi connectivity index (χ4v) is 3.81. The average molecular weight is 288 g/mol. The van der Waals surface area contributed by atoms with Gasteiger partial charge in [0.1, 0.15) is 0 Å². The summed E-state index contributed by atoms with van der Waals surface area (Å²) in [5, 5.41) is 12.5. The van der Waals surface area contributed by atoms with Gasteiger partial charge in [0.15, 0.2) is 0 Å². The van der Waals surface area contributed by atoms with E-state index in [9.17, 15) is 10.1 Å². The first-order valence-corrected chi connectivity index (χ1v) is 8.47. The highest BCUT2D eigenvalue weighted by Gasteiger charge is 2.24. The Kier molecular flexibility index (Phi) is 5.85. The van der Waals surface area contributed by atoms with Crippen molar-refractivity contribution < 1.29 is 4.79 Å². The van der Waals surface area contributed by atoms with Crippen LogP contribution in [0.25, 0.3) is 0 Å². The minimum atomic E-state index is 0.0723. The van der Waals surface area contributed by atoms with Crippen LogP contribution in [0.4, 0.5) is 0 Å². The molecule has 0 spiro atoms. The molecule has 0 radical (unpaired) electrons. The molecule has 3 nitrogen and oxygen atoms in total. The Hall–Kier alpha value is -1.30. The predicted octanol–water partition coefficient (Wildman–Crippen LogP) is 3.96. The Labute approximate surface area is 128 Å². The number of nitrogens with zero attached hydrogens (tertiary/aromatic N) is 1. The van der Waals surface area contributed by atoms with Gasteiger partial charge < -0.3 is 5.32 Å². The number of hydrogen-bond acceptors (Lipinski definition) is 2. The molecule has 1 N–H and O–H groups in total. The van der Waals surface area contributed by atoms with E-state index in [2.05, 4.69) is 24.4 Å². The van der Waals surface area contributed by atoms with Gasteiger partial charge in [0.25, 0.3) is 0 Å². The molecule has 0 aromatic heterocycles. The largest absolute Gasteiger partial charge is 0.354 e. The highest BCUT2D eigenvalue weighted by atomic mass is 16.1. The molecule has 0 bridgehead atoms. The smallest absolute Gasteiger partial charge is 0.217 e. The third-order valence-electron chi connectivity index (χ3n) is 5.18. The number of nitrogens with one attached hydrogen (secondary N) is 1. The molecule has 21 heavy (non-hydrogen) atoms. The van der Waals surface area contributed by atoms with Crippen LogP contribution in [0.1, 0.15) is 65.2 Å². The van der Waals surface area contributed by atoms with Crippen molar-refractivity contribution in [3.63, 3.8) is 0 Å². The molecule has 0 aromatic rings. The standard InChI is InChI=1S/C18H28N2O/c1-13-3-7-16(8-4-13)17(12-19)11-15-5-9-18(10-6-15)20-14(2)21/h11,13,15-16,18H,3-10H2,1-2H3,(H,20,21)/b17-11-. The maximum atomic E-state index is 11.1. The lowest BCUT2D eigenvalue weighted by Crippen LogP contribution is -2.36. The number of amides is 1. The van der Waals surface area contributed by atoms with Gasteiger partial charge in [0, 0.05) is 18.5 Å². The van der Waals surface area contributed by atoms with Gasteiger partial charge in [0.2, 0.25) is 5.91 Å². The average Bonchev–Trinajstić information content (AvgIpc) is 2.47. The van der Waals surface area contributed by atoms with E-state index in [4.69, 9.17) is 0 Å². The first-order valence-electron chi connectivity index (χ1n) is 8.47. The van der Waals surface area contributed by atoms with E-state index in [0.717, 1.165) is 37.2 Å². The van der Waals surface area contributed by atoms with E-state index in [-0.39, 0.29) is 5.91 Å². The van der Waals surface area contributed by atoms with E-state index in [0.29, 0.717) is 17.9 Å². The zero-order chi connectivity index (χ0) is 15.2. The first-order chi connectivity index (χ1) is 10.1. The summed E-state index contributed by atoms with van der Waals surface area (Å²) in [6.45, 7) is 3.90. The molecule has 0 unspecified atom stereocenters. The molecule has 1 amide bonds. The fraction of sp³-hybridized carbons (Fsp3) is 0.778. The Morgan fingerprint density at radius 3 is 2.24 bits per heavy atom. The summed E-state index contributed by atoms with van der Waals surface area (Å²) in [6, 6.07) is 2.81. The van der Waals surface area contributed by atoms with Gasteiger partial charge in [0.05, 0.1) is 6.07 Å². The second-order valence-corrected chi connectivity index (χ2v) is 7.00. The number of rotatable bonds is 3. The third kappa shape index (κ3) is 4.88. The molecule has 2 fully saturated rings. The van der Waals surface area contributed by atoms with Crippen LogP contribution < -0.4 is 5.32 Å². The molecular formula is C18H28N2O. The summed E-state index contributed by atoms with van der Waals surface area (Å²) >= 11 is 0. The topological polar surface area (TPSA) is 52.9 Å². The second kappa shape index (κ2) is 7.64. The highest BCUT2D eigenvalue weighted by Crippen LogP contribution is 2.35. The summed E-state index contributed by atoms with van der Waals surface area (Å²) in [6.07, 6.45) is 11.4. The first kappa shape index (κ1) is 16.1. The van der Waals surface area contributed by atoms with Crippen LogP contribution in [0, 0.1) is 29.1 Å². The molecule has 3 heteroatoms. The number of carbonyl (C=O) groups is 1. The third-order valence-corrected chi connectivity index (χ3v) is 5.18. The summed E-state index contributed by atoms with van der Waals surface area (Å²) in [5.74, 6) is 1.93. The van der Waals surface area contributed by atoms with Gasteiger partial charge in [-0.05, 0) is 56.3 Å². The maximum Gasteiger partial charge on any atom is 0.217 e. The van der Waals surface area contributed by atoms with E-state index in [1.807, 2.05) is 0 Å². The van der Waals surface area contributed by atoms with E-state index >= 15 is 0 Å². The van der Waals surface area contributed by atoms with Crippen LogP contribution in [0.5, 0.6) is 0 Å². The highest BCUT2D eigenvalue weighted by molar-refractivity contribution is 5.73. The maximum absolute atomic E-state index is 11.1. The van der Waals surface area contributed by atoms with Gasteiger partial charge in [-0.2, -0.15) is 5.26 Å². The van der Waals surface area contributed by atoms with E-state index in [1.165, 1.54) is 25.7 Å². The van der Waals surface area contributed by atoms with Crippen molar-refractivity contribution in [1.29, 1.82) is 5.26 Å². The molecule has 2 saturated carbocycles. The van der Waals surface area contributed by atoms with Crippen LogP contribution in [-0.4, -0.2) is 11.9 Å². The lowest BCUT2D eigenvalue weighted by atomic mass is 9.77. The number of carbonyl (C=O) groups excluding carboxylic acids is 1. The summed E-state index contributed by atoms with van der Waals surface area (Å²) < 4.78 is 0. The molecule has 0 atom stereocenters. The zero-order valence-corrected chi connectivity index (χ0v) is 13.4. The molecule has 0 saturated heterocycles. The Morgan fingerprint density at radius 1 is 1.10 bits per heavy atom. The normalized spacial score (nSPS) is 34.0. The summed E-state index contributed by atoms with van der Waals surface area (Å²) in [4.78, 5) is 11.1. The van der Waals surface area contributed by atoms with E-state index in [1.54, 1.807) is 6.92 Å². The van der Waals surface area contributed by atoms with Crippen molar-refractivity contribution in [3.05, 3.63) is 11.6 Å². The summed E-state index contributed by atoms with van der Waals surface area (Å²) in [7, 11) is 0. The van der Waals surface area contributed by atoms with Gasteiger partial charge in [-0.15, -0.1) is 0 Å². The van der Waals surface area contributed by atoms with Gasteiger partial charge in [-0.3, -0.25) is 4.79 Å². The van der Waals surface area contributed by atoms with Crippen molar-refractivity contribution >= 4 is 5.91 Å². The van der Waals surface area contributed by atoms with Crippen LogP contribution >= 0.6 is 0 Å². The zero-order valence-electron chi connectivity index (χ0n) is 13.4. The van der Waals surface area contributed by atoms with E-state index < -0.39 is 0 Å². The van der Waals surface area contributed by atoms with Crippen molar-refractivity contribution in [1.82, 2.24) is 5.32 Å².